The van der Waals surface area contributed by atoms with E-state index in [1.807, 2.05) is 6.92 Å². The first-order chi connectivity index (χ1) is 15.3. The van der Waals surface area contributed by atoms with Crippen LogP contribution in [0.15, 0.2) is 30.3 Å². The van der Waals surface area contributed by atoms with Gasteiger partial charge < -0.3 is 29.2 Å². The number of carbonyl (C=O) groups excluding carboxylic acids is 2. The summed E-state index contributed by atoms with van der Waals surface area (Å²) in [4.78, 5) is 23.2. The van der Waals surface area contributed by atoms with E-state index in [9.17, 15) is 19.8 Å². The van der Waals surface area contributed by atoms with Crippen LogP contribution in [0.4, 0.5) is 0 Å². The maximum Gasteiger partial charge on any atom is 0.309 e. The Bertz CT molecular complexity index is 1000. The molecule has 172 valence electrons. The molecule has 0 aromatic heterocycles. The molecule has 2 aromatic rings. The molecule has 3 rings (SSSR count). The number of phenols is 1. The van der Waals surface area contributed by atoms with Gasteiger partial charge in [0.25, 0.3) is 0 Å². The number of benzene rings is 2. The van der Waals surface area contributed by atoms with Gasteiger partial charge in [-0.05, 0) is 43.2 Å². The molecular weight excluding hydrogens is 416 g/mol. The average molecular weight is 444 g/mol. The van der Waals surface area contributed by atoms with Crippen LogP contribution in [0.1, 0.15) is 41.8 Å². The van der Waals surface area contributed by atoms with Gasteiger partial charge in [-0.25, -0.2) is 0 Å². The molecule has 0 fully saturated rings. The molecule has 1 aliphatic heterocycles. The fourth-order valence-corrected chi connectivity index (χ4v) is 3.42. The van der Waals surface area contributed by atoms with E-state index in [0.29, 0.717) is 34.8 Å². The number of phenolic OH excluding ortho intramolecular Hbond substituents is 1. The molecule has 0 radical (unpaired) electrons. The van der Waals surface area contributed by atoms with Crippen LogP contribution in [-0.2, 0) is 22.4 Å². The number of hydrogen-bond acceptors (Lipinski definition) is 8. The average Bonchev–Trinajstić information content (AvgIpc) is 2.93. The minimum atomic E-state index is -1.46. The number of aliphatic hydroxyl groups is 1. The molecule has 0 spiro atoms. The lowest BCUT2D eigenvalue weighted by atomic mass is 10.0. The van der Waals surface area contributed by atoms with Gasteiger partial charge in [-0.3, -0.25) is 9.59 Å². The predicted octanol–water partition coefficient (Wildman–Crippen LogP) is 2.84. The van der Waals surface area contributed by atoms with Crippen LogP contribution in [0.5, 0.6) is 23.0 Å². The van der Waals surface area contributed by atoms with E-state index in [1.165, 1.54) is 20.1 Å². The Kier molecular flexibility index (Phi) is 7.25. The standard InChI is InChI=1S/C24H28O8/c1-4-5-18-19(9-7-17(15(2)25)23(18)27)30-12-24(28)13-31-20-8-6-16(11-22(26)29-3)10-21(20)32-14-24/h6-10,27-28H,4-5,11-14H2,1-3H3. The van der Waals surface area contributed by atoms with Gasteiger partial charge in [0.15, 0.2) is 22.9 Å². The second-order valence-electron chi connectivity index (χ2n) is 7.87. The van der Waals surface area contributed by atoms with Crippen LogP contribution in [0.2, 0.25) is 0 Å². The lowest BCUT2D eigenvalue weighted by molar-refractivity contribution is -0.139. The first-order valence-corrected chi connectivity index (χ1v) is 10.4. The van der Waals surface area contributed by atoms with Crippen molar-refractivity contribution < 1.29 is 38.7 Å². The van der Waals surface area contributed by atoms with Crippen molar-refractivity contribution in [1.82, 2.24) is 0 Å². The van der Waals surface area contributed by atoms with E-state index in [1.54, 1.807) is 24.3 Å². The van der Waals surface area contributed by atoms with E-state index in [-0.39, 0.29) is 49.3 Å². The van der Waals surface area contributed by atoms with Crippen molar-refractivity contribution in [2.45, 2.75) is 38.7 Å². The van der Waals surface area contributed by atoms with Crippen molar-refractivity contribution in [2.24, 2.45) is 0 Å². The molecular formula is C24H28O8. The van der Waals surface area contributed by atoms with Crippen molar-refractivity contribution >= 4 is 11.8 Å². The van der Waals surface area contributed by atoms with Crippen LogP contribution in [0.25, 0.3) is 0 Å². The van der Waals surface area contributed by atoms with Crippen LogP contribution < -0.4 is 14.2 Å². The quantitative estimate of drug-likeness (QED) is 0.472. The van der Waals surface area contributed by atoms with E-state index in [4.69, 9.17) is 14.2 Å². The summed E-state index contributed by atoms with van der Waals surface area (Å²) in [5.74, 6) is 0.557. The van der Waals surface area contributed by atoms with E-state index < -0.39 is 5.60 Å². The zero-order valence-electron chi connectivity index (χ0n) is 18.5. The predicted molar refractivity (Wildman–Crippen MR) is 116 cm³/mol. The molecule has 2 aromatic carbocycles. The number of fused-ring (bicyclic) bond motifs is 1. The molecule has 0 bridgehead atoms. The van der Waals surface area contributed by atoms with Crippen LogP contribution >= 0.6 is 0 Å². The molecule has 1 atom stereocenters. The number of carbonyl (C=O) groups is 2. The summed E-state index contributed by atoms with van der Waals surface area (Å²) in [6, 6.07) is 8.22. The number of ether oxygens (including phenoxy) is 4. The van der Waals surface area contributed by atoms with Crippen molar-refractivity contribution in [2.75, 3.05) is 26.9 Å². The van der Waals surface area contributed by atoms with Gasteiger partial charge in [-0.2, -0.15) is 0 Å². The molecule has 8 nitrogen and oxygen atoms in total. The first kappa shape index (κ1) is 23.4. The lowest BCUT2D eigenvalue weighted by Gasteiger charge is -2.26. The molecule has 0 amide bonds. The van der Waals surface area contributed by atoms with Crippen LogP contribution in [-0.4, -0.2) is 54.5 Å². The normalized spacial score (nSPS) is 17.4. The summed E-state index contributed by atoms with van der Waals surface area (Å²) in [7, 11) is 1.32. The molecule has 32 heavy (non-hydrogen) atoms. The number of Topliss-reactive ketones (excluding diaryl/α,β-unsaturated/α-hetero) is 1. The number of ketones is 1. The topological polar surface area (TPSA) is 112 Å². The first-order valence-electron chi connectivity index (χ1n) is 10.4. The van der Waals surface area contributed by atoms with Crippen molar-refractivity contribution in [1.29, 1.82) is 0 Å². The van der Waals surface area contributed by atoms with Gasteiger partial charge in [0, 0.05) is 5.56 Å². The Balaban J connectivity index is 1.72. The highest BCUT2D eigenvalue weighted by Crippen LogP contribution is 2.35. The summed E-state index contributed by atoms with van der Waals surface area (Å²) < 4.78 is 22.0. The summed E-state index contributed by atoms with van der Waals surface area (Å²) >= 11 is 0. The maximum absolute atomic E-state index is 11.7. The SMILES string of the molecule is CCCc1c(OCC2(O)COc3ccc(CC(=O)OC)cc3OC2)ccc(C(C)=O)c1O. The van der Waals surface area contributed by atoms with Crippen LogP contribution in [0, 0.1) is 0 Å². The van der Waals surface area contributed by atoms with Gasteiger partial charge >= 0.3 is 5.97 Å². The molecule has 0 aliphatic carbocycles. The summed E-state index contributed by atoms with van der Waals surface area (Å²) in [5.41, 5.74) is -0.000131. The molecule has 8 heteroatoms. The zero-order chi connectivity index (χ0) is 23.3. The fraction of sp³-hybridized carbons (Fsp3) is 0.417. The highest BCUT2D eigenvalue weighted by Gasteiger charge is 2.34. The molecule has 2 N–H and O–H groups in total. The third-order valence-corrected chi connectivity index (χ3v) is 5.19. The number of hydrogen-bond donors (Lipinski definition) is 2. The fourth-order valence-electron chi connectivity index (χ4n) is 3.42. The minimum absolute atomic E-state index is 0.0724. The van der Waals surface area contributed by atoms with Gasteiger partial charge in [-0.15, -0.1) is 0 Å². The summed E-state index contributed by atoms with van der Waals surface area (Å²) in [5, 5.41) is 21.5. The molecule has 1 heterocycles. The Morgan fingerprint density at radius 3 is 2.50 bits per heavy atom. The number of rotatable bonds is 8. The van der Waals surface area contributed by atoms with Crippen LogP contribution in [0.3, 0.4) is 0 Å². The molecule has 1 aliphatic rings. The third-order valence-electron chi connectivity index (χ3n) is 5.19. The number of aromatic hydroxyl groups is 1. The maximum atomic E-state index is 11.7. The second kappa shape index (κ2) is 9.91. The monoisotopic (exact) mass is 444 g/mol. The van der Waals surface area contributed by atoms with Gasteiger partial charge in [0.05, 0.1) is 19.1 Å². The molecule has 0 saturated heterocycles. The molecule has 0 saturated carbocycles. The summed E-state index contributed by atoms with van der Waals surface area (Å²) in [6.07, 6.45) is 1.35. The van der Waals surface area contributed by atoms with E-state index in [2.05, 4.69) is 4.74 Å². The highest BCUT2D eigenvalue weighted by atomic mass is 16.6. The Hall–Kier alpha value is -3.26. The third kappa shape index (κ3) is 5.31. The van der Waals surface area contributed by atoms with Crippen molar-refractivity contribution in [3.63, 3.8) is 0 Å². The Morgan fingerprint density at radius 1 is 1.12 bits per heavy atom. The largest absolute Gasteiger partial charge is 0.507 e. The van der Waals surface area contributed by atoms with Gasteiger partial charge in [0.1, 0.15) is 31.3 Å². The Labute approximate surface area is 186 Å². The lowest BCUT2D eigenvalue weighted by Crippen LogP contribution is -2.46. The zero-order valence-corrected chi connectivity index (χ0v) is 18.5. The van der Waals surface area contributed by atoms with Gasteiger partial charge in [0.2, 0.25) is 0 Å². The molecule has 1 unspecified atom stereocenters. The summed E-state index contributed by atoms with van der Waals surface area (Å²) in [6.45, 7) is 3.03. The Morgan fingerprint density at radius 2 is 1.84 bits per heavy atom. The van der Waals surface area contributed by atoms with Gasteiger partial charge in [-0.1, -0.05) is 19.4 Å². The van der Waals surface area contributed by atoms with Crippen molar-refractivity contribution in [3.05, 3.63) is 47.0 Å². The minimum Gasteiger partial charge on any atom is -0.507 e. The highest BCUT2D eigenvalue weighted by molar-refractivity contribution is 5.97. The number of esters is 1. The van der Waals surface area contributed by atoms with E-state index in [0.717, 1.165) is 6.42 Å². The number of methoxy groups -OCH3 is 1. The second-order valence-corrected chi connectivity index (χ2v) is 7.87. The van der Waals surface area contributed by atoms with E-state index >= 15 is 0 Å². The smallest absolute Gasteiger partial charge is 0.309 e. The van der Waals surface area contributed by atoms with Crippen molar-refractivity contribution in [3.8, 4) is 23.0 Å².